The molecule has 7 rings (SSSR count). The molecule has 2 N–H and O–H groups in total. The van der Waals surface area contributed by atoms with Crippen molar-refractivity contribution in [3.63, 3.8) is 0 Å². The number of carbonyl (C=O) groups is 2. The van der Waals surface area contributed by atoms with Gasteiger partial charge in [0.05, 0.1) is 6.54 Å². The molecule has 2 aromatic rings. The number of carbonyl (C=O) groups excluding carboxylic acids is 2. The van der Waals surface area contributed by atoms with E-state index in [9.17, 15) is 9.59 Å². The van der Waals surface area contributed by atoms with Gasteiger partial charge in [0.1, 0.15) is 0 Å². The molecule has 0 atom stereocenters. The van der Waals surface area contributed by atoms with Crippen molar-refractivity contribution in [2.24, 2.45) is 23.2 Å². The highest BCUT2D eigenvalue weighted by Gasteiger charge is 2.54. The van der Waals surface area contributed by atoms with Gasteiger partial charge in [-0.25, -0.2) is 0 Å². The summed E-state index contributed by atoms with van der Waals surface area (Å²) in [5.41, 5.74) is 5.71. The molecule has 0 unspecified atom stereocenters. The van der Waals surface area contributed by atoms with Crippen LogP contribution in [-0.4, -0.2) is 18.4 Å². The Morgan fingerprint density at radius 3 is 2.27 bits per heavy atom. The van der Waals surface area contributed by atoms with Crippen LogP contribution >= 0.6 is 0 Å². The van der Waals surface area contributed by atoms with Gasteiger partial charge in [-0.1, -0.05) is 30.3 Å². The lowest BCUT2D eigenvalue weighted by molar-refractivity contribution is -0.146. The van der Waals surface area contributed by atoms with Gasteiger partial charge in [-0.15, -0.1) is 0 Å². The van der Waals surface area contributed by atoms with Crippen molar-refractivity contribution >= 4 is 17.5 Å². The van der Waals surface area contributed by atoms with Crippen LogP contribution in [0.15, 0.2) is 42.5 Å². The fourth-order valence-corrected chi connectivity index (χ4v) is 7.16. The Morgan fingerprint density at radius 2 is 1.53 bits per heavy atom. The van der Waals surface area contributed by atoms with E-state index in [4.69, 9.17) is 0 Å². The van der Waals surface area contributed by atoms with E-state index in [1.54, 1.807) is 0 Å². The number of nitrogens with one attached hydrogen (secondary N) is 2. The van der Waals surface area contributed by atoms with Crippen LogP contribution in [0.2, 0.25) is 0 Å². The fourth-order valence-electron chi connectivity index (χ4n) is 7.16. The van der Waals surface area contributed by atoms with E-state index in [1.165, 1.54) is 41.5 Å². The minimum Gasteiger partial charge on any atom is -0.347 e. The Labute approximate surface area is 177 Å². The molecular formula is C26H28N2O2. The van der Waals surface area contributed by atoms with Crippen molar-refractivity contribution in [2.45, 2.75) is 44.9 Å². The Morgan fingerprint density at radius 1 is 0.867 bits per heavy atom. The maximum absolute atomic E-state index is 13.0. The maximum atomic E-state index is 13.0. The quantitative estimate of drug-likeness (QED) is 0.676. The summed E-state index contributed by atoms with van der Waals surface area (Å²) in [5, 5.41) is 5.95. The summed E-state index contributed by atoms with van der Waals surface area (Å²) in [4.78, 5) is 25.6. The van der Waals surface area contributed by atoms with E-state index in [0.29, 0.717) is 0 Å². The third-order valence-corrected chi connectivity index (χ3v) is 8.01. The molecule has 2 amide bonds. The minimum absolute atomic E-state index is 0.0535. The van der Waals surface area contributed by atoms with E-state index in [1.807, 2.05) is 6.07 Å². The second-order valence-corrected chi connectivity index (χ2v) is 10.1. The van der Waals surface area contributed by atoms with E-state index in [2.05, 4.69) is 47.0 Å². The molecule has 4 saturated carbocycles. The highest BCUT2D eigenvalue weighted by Crippen LogP contribution is 2.60. The van der Waals surface area contributed by atoms with E-state index in [0.717, 1.165) is 49.1 Å². The second-order valence-electron chi connectivity index (χ2n) is 10.1. The predicted octanol–water partition coefficient (Wildman–Crippen LogP) is 4.53. The van der Waals surface area contributed by atoms with Crippen LogP contribution in [0.5, 0.6) is 0 Å². The highest BCUT2D eigenvalue weighted by molar-refractivity contribution is 5.96. The molecule has 0 aromatic heterocycles. The first kappa shape index (κ1) is 18.2. The molecule has 2 aromatic carbocycles. The standard InChI is InChI=1S/C26H28N2O2/c29-24(15-27-25(30)26-12-16-7-17(13-26)9-18(8-16)14-26)28-21-5-6-23-20(11-21)10-19-3-1-2-4-22(19)23/h1-6,11,16-18H,7-10,12-15H2,(H,27,30)(H,28,29). The number of hydrogen-bond donors (Lipinski definition) is 2. The van der Waals surface area contributed by atoms with Crippen molar-refractivity contribution in [1.82, 2.24) is 5.32 Å². The second kappa shape index (κ2) is 6.69. The molecule has 0 spiro atoms. The summed E-state index contributed by atoms with van der Waals surface area (Å²) in [5.74, 6) is 2.15. The molecule has 4 heteroatoms. The van der Waals surface area contributed by atoms with E-state index in [-0.39, 0.29) is 23.8 Å². The van der Waals surface area contributed by atoms with Crippen LogP contribution in [0.1, 0.15) is 49.7 Å². The molecule has 4 bridgehead atoms. The molecule has 5 aliphatic carbocycles. The van der Waals surface area contributed by atoms with Crippen LogP contribution in [-0.2, 0) is 16.0 Å². The predicted molar refractivity (Wildman–Crippen MR) is 117 cm³/mol. The van der Waals surface area contributed by atoms with Crippen molar-refractivity contribution in [3.8, 4) is 11.1 Å². The van der Waals surface area contributed by atoms with Crippen LogP contribution in [0.3, 0.4) is 0 Å². The fraction of sp³-hybridized carbons (Fsp3) is 0.462. The lowest BCUT2D eigenvalue weighted by Crippen LogP contribution is -2.54. The molecule has 0 heterocycles. The Kier molecular flexibility index (Phi) is 4.06. The normalized spacial score (nSPS) is 29.9. The summed E-state index contributed by atoms with van der Waals surface area (Å²) < 4.78 is 0. The van der Waals surface area contributed by atoms with Crippen LogP contribution < -0.4 is 10.6 Å². The largest absolute Gasteiger partial charge is 0.347 e. The molecular weight excluding hydrogens is 372 g/mol. The number of rotatable bonds is 4. The van der Waals surface area contributed by atoms with Crippen molar-refractivity contribution < 1.29 is 9.59 Å². The summed E-state index contributed by atoms with van der Waals surface area (Å²) in [6.07, 6.45) is 7.92. The van der Waals surface area contributed by atoms with Gasteiger partial charge in [-0.2, -0.15) is 0 Å². The van der Waals surface area contributed by atoms with Gasteiger partial charge in [0.25, 0.3) is 0 Å². The van der Waals surface area contributed by atoms with Crippen LogP contribution in [0, 0.1) is 23.2 Å². The topological polar surface area (TPSA) is 58.2 Å². The smallest absolute Gasteiger partial charge is 0.243 e. The molecule has 4 fully saturated rings. The molecule has 30 heavy (non-hydrogen) atoms. The van der Waals surface area contributed by atoms with Crippen LogP contribution in [0.25, 0.3) is 11.1 Å². The number of benzene rings is 2. The Bertz CT molecular complexity index is 1010. The highest BCUT2D eigenvalue weighted by atomic mass is 16.2. The Hall–Kier alpha value is -2.62. The average molecular weight is 401 g/mol. The molecule has 0 saturated heterocycles. The summed E-state index contributed by atoms with van der Waals surface area (Å²) >= 11 is 0. The number of amides is 2. The van der Waals surface area contributed by atoms with Gasteiger partial charge in [0, 0.05) is 11.1 Å². The molecule has 0 aliphatic heterocycles. The lowest BCUT2D eigenvalue weighted by atomic mass is 9.49. The maximum Gasteiger partial charge on any atom is 0.243 e. The zero-order chi connectivity index (χ0) is 20.3. The first-order chi connectivity index (χ1) is 14.6. The number of hydrogen-bond acceptors (Lipinski definition) is 2. The molecule has 4 nitrogen and oxygen atoms in total. The zero-order valence-electron chi connectivity index (χ0n) is 17.2. The van der Waals surface area contributed by atoms with Gasteiger partial charge < -0.3 is 10.6 Å². The summed E-state index contributed by atoms with van der Waals surface area (Å²) in [6.45, 7) is 0.0535. The van der Waals surface area contributed by atoms with Gasteiger partial charge >= 0.3 is 0 Å². The van der Waals surface area contributed by atoms with Crippen molar-refractivity contribution in [1.29, 1.82) is 0 Å². The SMILES string of the molecule is O=C(CNC(=O)C12CC3CC(CC(C3)C1)C2)Nc1ccc2c(c1)Cc1ccccc1-2. The summed E-state index contributed by atoms with van der Waals surface area (Å²) in [6, 6.07) is 14.6. The van der Waals surface area contributed by atoms with Gasteiger partial charge in [-0.05, 0) is 97.1 Å². The average Bonchev–Trinajstić information content (AvgIpc) is 3.08. The third kappa shape index (κ3) is 2.96. The minimum atomic E-state index is -0.200. The third-order valence-electron chi connectivity index (χ3n) is 8.01. The first-order valence-electron chi connectivity index (χ1n) is 11.4. The van der Waals surface area contributed by atoms with E-state index >= 15 is 0 Å². The van der Waals surface area contributed by atoms with Gasteiger partial charge in [0.2, 0.25) is 11.8 Å². The molecule has 0 radical (unpaired) electrons. The monoisotopic (exact) mass is 400 g/mol. The van der Waals surface area contributed by atoms with Gasteiger partial charge in [0.15, 0.2) is 0 Å². The molecule has 154 valence electrons. The lowest BCUT2D eigenvalue weighted by Gasteiger charge is -2.55. The molecule has 5 aliphatic rings. The number of fused-ring (bicyclic) bond motifs is 3. The first-order valence-corrected chi connectivity index (χ1v) is 11.4. The zero-order valence-corrected chi connectivity index (χ0v) is 17.2. The summed E-state index contributed by atoms with van der Waals surface area (Å²) in [7, 11) is 0. The Balaban J connectivity index is 1.09. The number of anilines is 1. The van der Waals surface area contributed by atoms with Gasteiger partial charge in [-0.3, -0.25) is 9.59 Å². The van der Waals surface area contributed by atoms with Crippen molar-refractivity contribution in [3.05, 3.63) is 53.6 Å². The van der Waals surface area contributed by atoms with Crippen LogP contribution in [0.4, 0.5) is 5.69 Å². The van der Waals surface area contributed by atoms with Crippen molar-refractivity contribution in [2.75, 3.05) is 11.9 Å². The van der Waals surface area contributed by atoms with E-state index < -0.39 is 0 Å².